The number of nitrogens with one attached hydrogen (secondary N) is 1. The number of esters is 2. The van der Waals surface area contributed by atoms with Gasteiger partial charge in [-0.1, -0.05) is 118 Å². The van der Waals surface area contributed by atoms with E-state index in [9.17, 15) is 14.4 Å². The van der Waals surface area contributed by atoms with Gasteiger partial charge in [-0.2, -0.15) is 0 Å². The van der Waals surface area contributed by atoms with Crippen molar-refractivity contribution in [2.45, 2.75) is 76.8 Å². The predicted molar refractivity (Wildman–Crippen MR) is 182 cm³/mol. The lowest BCUT2D eigenvalue weighted by Crippen LogP contribution is -2.59. The SMILES string of the molecule is C=C[C@H](OC(C)=O)[C@@H](OC(=O)c1ccccc1)[C@@H](O[Si](C)(C)C(C)(C)C)[C@@H](/C=C/c1ccccc1)NC(=O)OCc1ccccc1. The van der Waals surface area contributed by atoms with Gasteiger partial charge in [-0.3, -0.25) is 4.79 Å². The van der Waals surface area contributed by atoms with Gasteiger partial charge in [-0.15, -0.1) is 0 Å². The first-order valence-electron chi connectivity index (χ1n) is 15.2. The highest BCUT2D eigenvalue weighted by Crippen LogP contribution is 2.39. The van der Waals surface area contributed by atoms with Gasteiger partial charge < -0.3 is 24.0 Å². The number of alkyl carbamates (subject to hydrolysis) is 1. The zero-order valence-corrected chi connectivity index (χ0v) is 28.5. The smallest absolute Gasteiger partial charge is 0.408 e. The molecule has 244 valence electrons. The highest BCUT2D eigenvalue weighted by Gasteiger charge is 2.46. The largest absolute Gasteiger partial charge is 0.454 e. The summed E-state index contributed by atoms with van der Waals surface area (Å²) in [6, 6.07) is 26.5. The molecule has 0 fully saturated rings. The van der Waals surface area contributed by atoms with Crippen molar-refractivity contribution in [3.05, 3.63) is 126 Å². The number of carbonyl (C=O) groups excluding carboxylic acids is 3. The van der Waals surface area contributed by atoms with Crippen LogP contribution in [0.2, 0.25) is 18.1 Å². The zero-order chi connectivity index (χ0) is 33.7. The van der Waals surface area contributed by atoms with Gasteiger partial charge in [0.15, 0.2) is 20.5 Å². The molecule has 3 aromatic carbocycles. The molecule has 0 aromatic heterocycles. The molecule has 46 heavy (non-hydrogen) atoms. The molecular formula is C37H45NO7Si. The summed E-state index contributed by atoms with van der Waals surface area (Å²) in [5.74, 6) is -1.24. The molecule has 1 amide bonds. The topological polar surface area (TPSA) is 100 Å². The summed E-state index contributed by atoms with van der Waals surface area (Å²) < 4.78 is 24.4. The number of ether oxygens (including phenoxy) is 3. The van der Waals surface area contributed by atoms with E-state index >= 15 is 0 Å². The van der Waals surface area contributed by atoms with Crippen molar-refractivity contribution in [2.24, 2.45) is 0 Å². The van der Waals surface area contributed by atoms with Crippen molar-refractivity contribution in [1.29, 1.82) is 0 Å². The summed E-state index contributed by atoms with van der Waals surface area (Å²) in [4.78, 5) is 39.2. The molecule has 0 saturated heterocycles. The number of amides is 1. The molecule has 0 aliphatic heterocycles. The standard InChI is InChI=1S/C37H45NO7Si/c1-8-32(43-27(2)39)34(44-35(40)30-22-16-11-17-23-30)33(45-46(6,7)37(3,4)5)31(25-24-28-18-12-9-13-19-28)38-36(41)42-26-29-20-14-10-15-21-29/h8-25,31-34H,1,26H2,2-7H3,(H,38,41)/b25-24+/t31-,32+,33+,34-/m1/s1. The van der Waals surface area contributed by atoms with Crippen LogP contribution in [-0.4, -0.2) is 50.7 Å². The summed E-state index contributed by atoms with van der Waals surface area (Å²) >= 11 is 0. The Morgan fingerprint density at radius 2 is 1.41 bits per heavy atom. The minimum Gasteiger partial charge on any atom is -0.454 e. The van der Waals surface area contributed by atoms with Gasteiger partial charge in [-0.25, -0.2) is 9.59 Å². The molecule has 0 spiro atoms. The minimum atomic E-state index is -2.64. The first kappa shape index (κ1) is 36.0. The summed E-state index contributed by atoms with van der Waals surface area (Å²) in [5, 5.41) is 2.67. The predicted octanol–water partition coefficient (Wildman–Crippen LogP) is 7.73. The highest BCUT2D eigenvalue weighted by molar-refractivity contribution is 6.74. The quantitative estimate of drug-likeness (QED) is 0.0831. The van der Waals surface area contributed by atoms with Crippen molar-refractivity contribution in [3.63, 3.8) is 0 Å². The molecule has 3 aromatic rings. The van der Waals surface area contributed by atoms with Crippen LogP contribution in [0.3, 0.4) is 0 Å². The molecule has 0 radical (unpaired) electrons. The van der Waals surface area contributed by atoms with E-state index in [1.807, 2.05) is 66.7 Å². The Kier molecular flexibility index (Phi) is 13.1. The Labute approximate surface area is 273 Å². The van der Waals surface area contributed by atoms with Crippen molar-refractivity contribution < 1.29 is 33.0 Å². The lowest BCUT2D eigenvalue weighted by atomic mass is 9.99. The second-order valence-corrected chi connectivity index (χ2v) is 17.1. The van der Waals surface area contributed by atoms with Crippen LogP contribution in [0.5, 0.6) is 0 Å². The molecule has 1 N–H and O–H groups in total. The van der Waals surface area contributed by atoms with Gasteiger partial charge in [0.05, 0.1) is 11.6 Å². The molecule has 9 heteroatoms. The average Bonchev–Trinajstić information content (AvgIpc) is 3.03. The molecule has 0 unspecified atom stereocenters. The minimum absolute atomic E-state index is 0.0463. The first-order valence-corrected chi connectivity index (χ1v) is 18.2. The van der Waals surface area contributed by atoms with Gasteiger partial charge in [0, 0.05) is 6.92 Å². The highest BCUT2D eigenvalue weighted by atomic mass is 28.4. The van der Waals surface area contributed by atoms with Crippen LogP contribution in [0.25, 0.3) is 6.08 Å². The van der Waals surface area contributed by atoms with Crippen molar-refractivity contribution in [1.82, 2.24) is 5.32 Å². The lowest BCUT2D eigenvalue weighted by Gasteiger charge is -2.44. The third-order valence-corrected chi connectivity index (χ3v) is 12.3. The maximum Gasteiger partial charge on any atom is 0.408 e. The van der Waals surface area contributed by atoms with E-state index in [-0.39, 0.29) is 11.6 Å². The van der Waals surface area contributed by atoms with Crippen LogP contribution in [-0.2, 0) is 30.0 Å². The molecule has 3 rings (SSSR count). The van der Waals surface area contributed by atoms with Gasteiger partial charge in [-0.05, 0) is 47.5 Å². The number of rotatable bonds is 14. The fourth-order valence-corrected chi connectivity index (χ4v) is 5.62. The Hall–Kier alpha value is -4.47. The third kappa shape index (κ3) is 10.9. The molecule has 0 bridgehead atoms. The van der Waals surface area contributed by atoms with Crippen LogP contribution >= 0.6 is 0 Å². The maximum atomic E-state index is 13.5. The Morgan fingerprint density at radius 1 is 0.848 bits per heavy atom. The summed E-state index contributed by atoms with van der Waals surface area (Å²) in [6.07, 6.45) is 0.977. The number of hydrogen-bond acceptors (Lipinski definition) is 7. The van der Waals surface area contributed by atoms with Crippen LogP contribution in [0.15, 0.2) is 110 Å². The van der Waals surface area contributed by atoms with Crippen molar-refractivity contribution >= 4 is 32.4 Å². The van der Waals surface area contributed by atoms with E-state index in [1.54, 1.807) is 36.4 Å². The molecule has 0 saturated carbocycles. The molecular weight excluding hydrogens is 598 g/mol. The fourth-order valence-electron chi connectivity index (χ4n) is 4.31. The van der Waals surface area contributed by atoms with Crippen LogP contribution in [0, 0.1) is 0 Å². The molecule has 0 heterocycles. The molecule has 0 aliphatic rings. The monoisotopic (exact) mass is 643 g/mol. The summed E-state index contributed by atoms with van der Waals surface area (Å²) in [5.41, 5.74) is 1.99. The second-order valence-electron chi connectivity index (χ2n) is 12.4. The van der Waals surface area contributed by atoms with Crippen LogP contribution in [0.4, 0.5) is 4.79 Å². The molecule has 8 nitrogen and oxygen atoms in total. The van der Waals surface area contributed by atoms with Crippen molar-refractivity contribution in [2.75, 3.05) is 0 Å². The number of benzene rings is 3. The van der Waals surface area contributed by atoms with Crippen LogP contribution in [0.1, 0.15) is 49.2 Å². The van der Waals surface area contributed by atoms with Gasteiger partial charge >= 0.3 is 18.0 Å². The van der Waals surface area contributed by atoms with Gasteiger partial charge in [0.25, 0.3) is 0 Å². The van der Waals surface area contributed by atoms with Gasteiger partial charge in [0.2, 0.25) is 0 Å². The Bertz CT molecular complexity index is 1450. The normalized spacial score (nSPS) is 14.4. The molecule has 4 atom stereocenters. The van der Waals surface area contributed by atoms with Crippen molar-refractivity contribution in [3.8, 4) is 0 Å². The fraction of sp³-hybridized carbons (Fsp3) is 0.324. The summed E-state index contributed by atoms with van der Waals surface area (Å²) in [7, 11) is -2.64. The van der Waals surface area contributed by atoms with E-state index in [2.05, 4.69) is 45.8 Å². The van der Waals surface area contributed by atoms with Crippen LogP contribution < -0.4 is 5.32 Å². The van der Waals surface area contributed by atoms with Gasteiger partial charge in [0.1, 0.15) is 12.7 Å². The van der Waals surface area contributed by atoms with E-state index in [0.717, 1.165) is 11.1 Å². The van der Waals surface area contributed by atoms with E-state index in [0.29, 0.717) is 5.56 Å². The Balaban J connectivity index is 2.12. The Morgan fingerprint density at radius 3 is 1.96 bits per heavy atom. The van der Waals surface area contributed by atoms with E-state index in [4.69, 9.17) is 18.6 Å². The second kappa shape index (κ2) is 16.7. The average molecular weight is 644 g/mol. The lowest BCUT2D eigenvalue weighted by molar-refractivity contribution is -0.153. The van der Waals surface area contributed by atoms with E-state index in [1.165, 1.54) is 13.0 Å². The number of hydrogen-bond donors (Lipinski definition) is 1. The zero-order valence-electron chi connectivity index (χ0n) is 27.5. The number of carbonyl (C=O) groups is 3. The first-order chi connectivity index (χ1) is 21.8. The summed E-state index contributed by atoms with van der Waals surface area (Å²) in [6.45, 7) is 15.5. The maximum absolute atomic E-state index is 13.5. The third-order valence-electron chi connectivity index (χ3n) is 7.82. The molecule has 0 aliphatic carbocycles. The van der Waals surface area contributed by atoms with E-state index < -0.39 is 50.7 Å².